The molecule has 25 heavy (non-hydrogen) atoms. The van der Waals surface area contributed by atoms with E-state index in [1.165, 1.54) is 0 Å². The highest BCUT2D eigenvalue weighted by Gasteiger charge is 2.33. The van der Waals surface area contributed by atoms with Crippen molar-refractivity contribution in [1.82, 2.24) is 10.2 Å². The van der Waals surface area contributed by atoms with E-state index in [-0.39, 0.29) is 17.4 Å². The number of amides is 1. The maximum Gasteiger partial charge on any atom is 0.234 e. The lowest BCUT2D eigenvalue weighted by Crippen LogP contribution is -2.39. The molecule has 2 rings (SSSR count). The monoisotopic (exact) mass is 349 g/mol. The molecule has 1 aliphatic heterocycles. The van der Waals surface area contributed by atoms with Crippen LogP contribution in [0.2, 0.25) is 0 Å². The van der Waals surface area contributed by atoms with Gasteiger partial charge in [-0.15, -0.1) is 0 Å². The molecule has 1 aliphatic rings. The molecule has 0 bridgehead atoms. The molecular weight excluding hydrogens is 318 g/mol. The van der Waals surface area contributed by atoms with Gasteiger partial charge in [0.2, 0.25) is 5.91 Å². The highest BCUT2D eigenvalue weighted by Crippen LogP contribution is 2.33. The predicted octanol–water partition coefficient (Wildman–Crippen LogP) is 1.86. The number of rotatable bonds is 7. The van der Waals surface area contributed by atoms with Crippen LogP contribution in [0.1, 0.15) is 37.4 Å². The number of carbonyl (C=O) groups is 1. The van der Waals surface area contributed by atoms with Gasteiger partial charge in [-0.1, -0.05) is 6.92 Å². The van der Waals surface area contributed by atoms with Crippen LogP contribution in [0, 0.1) is 12.3 Å². The molecule has 6 heteroatoms. The van der Waals surface area contributed by atoms with E-state index in [0.717, 1.165) is 30.6 Å². The second kappa shape index (κ2) is 8.06. The molecule has 0 aromatic heterocycles. The molecule has 2 atom stereocenters. The highest BCUT2D eigenvalue weighted by atomic mass is 16.5. The summed E-state index contributed by atoms with van der Waals surface area (Å²) in [6.45, 7) is 9.04. The first-order valence-electron chi connectivity index (χ1n) is 8.76. The summed E-state index contributed by atoms with van der Waals surface area (Å²) < 4.78 is 10.7. The number of aryl methyl sites for hydroxylation is 1. The number of nitrogens with two attached hydrogens (primary N) is 1. The normalized spacial score (nSPS) is 21.8. The Kier molecular flexibility index (Phi) is 6.30. The van der Waals surface area contributed by atoms with Gasteiger partial charge in [0.1, 0.15) is 0 Å². The van der Waals surface area contributed by atoms with Crippen LogP contribution in [0.25, 0.3) is 0 Å². The van der Waals surface area contributed by atoms with Crippen molar-refractivity contribution in [3.63, 3.8) is 0 Å². The number of carbonyl (C=O) groups excluding carboxylic acids is 1. The van der Waals surface area contributed by atoms with Crippen molar-refractivity contribution in [2.75, 3.05) is 40.4 Å². The summed E-state index contributed by atoms with van der Waals surface area (Å²) >= 11 is 0. The van der Waals surface area contributed by atoms with Gasteiger partial charge in [-0.05, 0) is 62.0 Å². The molecule has 3 N–H and O–H groups in total. The van der Waals surface area contributed by atoms with Gasteiger partial charge in [0, 0.05) is 6.54 Å². The van der Waals surface area contributed by atoms with E-state index in [2.05, 4.69) is 17.1 Å². The zero-order valence-corrected chi connectivity index (χ0v) is 16.0. The average Bonchev–Trinajstić information content (AvgIpc) is 2.95. The van der Waals surface area contributed by atoms with Crippen molar-refractivity contribution >= 4 is 5.91 Å². The van der Waals surface area contributed by atoms with Crippen LogP contribution in [-0.2, 0) is 4.79 Å². The molecule has 6 nitrogen and oxygen atoms in total. The minimum absolute atomic E-state index is 0.0305. The van der Waals surface area contributed by atoms with E-state index < -0.39 is 0 Å². The maximum atomic E-state index is 12.4. The van der Waals surface area contributed by atoms with Crippen molar-refractivity contribution in [2.24, 2.45) is 11.1 Å². The molecular formula is C19H31N3O3. The number of ether oxygens (including phenoxy) is 2. The number of benzene rings is 1. The van der Waals surface area contributed by atoms with E-state index in [1.54, 1.807) is 14.2 Å². The lowest BCUT2D eigenvalue weighted by molar-refractivity contribution is -0.122. The van der Waals surface area contributed by atoms with Gasteiger partial charge < -0.3 is 20.5 Å². The first-order valence-corrected chi connectivity index (χ1v) is 8.76. The third kappa shape index (κ3) is 4.64. The highest BCUT2D eigenvalue weighted by molar-refractivity contribution is 5.78. The molecule has 0 spiro atoms. The molecule has 1 amide bonds. The molecule has 1 heterocycles. The van der Waals surface area contributed by atoms with Gasteiger partial charge in [-0.2, -0.15) is 0 Å². The van der Waals surface area contributed by atoms with Gasteiger partial charge in [-0.3, -0.25) is 9.69 Å². The van der Waals surface area contributed by atoms with E-state index in [0.29, 0.717) is 24.6 Å². The van der Waals surface area contributed by atoms with Crippen molar-refractivity contribution in [3.8, 4) is 11.5 Å². The summed E-state index contributed by atoms with van der Waals surface area (Å²) in [5.74, 6) is 1.39. The summed E-state index contributed by atoms with van der Waals surface area (Å²) in [5.41, 5.74) is 8.05. The third-order valence-electron chi connectivity index (χ3n) is 5.11. The van der Waals surface area contributed by atoms with Crippen LogP contribution < -0.4 is 20.5 Å². The lowest BCUT2D eigenvalue weighted by atomic mass is 9.90. The topological polar surface area (TPSA) is 76.8 Å². The molecule has 1 aromatic carbocycles. The molecule has 0 aliphatic carbocycles. The Morgan fingerprint density at radius 2 is 2.00 bits per heavy atom. The van der Waals surface area contributed by atoms with Crippen molar-refractivity contribution in [3.05, 3.63) is 23.3 Å². The van der Waals surface area contributed by atoms with E-state index in [9.17, 15) is 4.79 Å². The number of nitrogens with zero attached hydrogens (tertiary/aromatic N) is 1. The zero-order valence-electron chi connectivity index (χ0n) is 16.0. The van der Waals surface area contributed by atoms with Gasteiger partial charge >= 0.3 is 0 Å². The summed E-state index contributed by atoms with van der Waals surface area (Å²) in [5, 5.41) is 3.09. The Morgan fingerprint density at radius 3 is 2.56 bits per heavy atom. The van der Waals surface area contributed by atoms with Crippen LogP contribution in [0.4, 0.5) is 0 Å². The van der Waals surface area contributed by atoms with Crippen molar-refractivity contribution in [1.29, 1.82) is 0 Å². The molecule has 1 saturated heterocycles. The van der Waals surface area contributed by atoms with Gasteiger partial charge in [-0.25, -0.2) is 0 Å². The molecule has 1 aromatic rings. The number of hydrogen-bond acceptors (Lipinski definition) is 5. The Hall–Kier alpha value is -1.79. The smallest absolute Gasteiger partial charge is 0.234 e. The van der Waals surface area contributed by atoms with Crippen LogP contribution in [0.5, 0.6) is 11.5 Å². The fourth-order valence-corrected chi connectivity index (χ4v) is 3.46. The molecule has 0 saturated carbocycles. The minimum Gasteiger partial charge on any atom is -0.493 e. The number of nitrogens with one attached hydrogen (secondary N) is 1. The predicted molar refractivity (Wildman–Crippen MR) is 99.1 cm³/mol. The van der Waals surface area contributed by atoms with Crippen molar-refractivity contribution < 1.29 is 14.3 Å². The Labute approximate surface area is 150 Å². The second-order valence-electron chi connectivity index (χ2n) is 7.33. The van der Waals surface area contributed by atoms with Crippen LogP contribution in [0.15, 0.2) is 12.1 Å². The minimum atomic E-state index is -0.101. The standard InChI is InChI=1S/C19H31N3O3/c1-13-8-16(24-4)17(25-5)9-15(13)14(2)21-18(23)10-22-7-6-19(3,11-20)12-22/h8-9,14H,6-7,10-12,20H2,1-5H3,(H,21,23). The van der Waals surface area contributed by atoms with Crippen LogP contribution >= 0.6 is 0 Å². The zero-order chi connectivity index (χ0) is 18.6. The number of methoxy groups -OCH3 is 2. The van der Waals surface area contributed by atoms with E-state index in [4.69, 9.17) is 15.2 Å². The van der Waals surface area contributed by atoms with Crippen LogP contribution in [-0.4, -0.2) is 51.2 Å². The quantitative estimate of drug-likeness (QED) is 0.786. The molecule has 1 fully saturated rings. The van der Waals surface area contributed by atoms with Crippen molar-refractivity contribution in [2.45, 2.75) is 33.2 Å². The number of likely N-dealkylation sites (tertiary alicyclic amines) is 1. The average molecular weight is 349 g/mol. The van der Waals surface area contributed by atoms with E-state index in [1.807, 2.05) is 26.0 Å². The molecule has 2 unspecified atom stereocenters. The summed E-state index contributed by atoms with van der Waals surface area (Å²) in [6, 6.07) is 3.76. The SMILES string of the molecule is COc1cc(C)c(C(C)NC(=O)CN2CCC(C)(CN)C2)cc1OC. The fraction of sp³-hybridized carbons (Fsp3) is 0.632. The van der Waals surface area contributed by atoms with E-state index >= 15 is 0 Å². The summed E-state index contributed by atoms with van der Waals surface area (Å²) in [7, 11) is 3.23. The van der Waals surface area contributed by atoms with Crippen LogP contribution in [0.3, 0.4) is 0 Å². The summed E-state index contributed by atoms with van der Waals surface area (Å²) in [6.07, 6.45) is 1.04. The lowest BCUT2D eigenvalue weighted by Gasteiger charge is -2.23. The first kappa shape index (κ1) is 19.5. The van der Waals surface area contributed by atoms with Gasteiger partial charge in [0.05, 0.1) is 26.8 Å². The maximum absolute atomic E-state index is 12.4. The third-order valence-corrected chi connectivity index (χ3v) is 5.11. The van der Waals surface area contributed by atoms with Gasteiger partial charge in [0.25, 0.3) is 0 Å². The fourth-order valence-electron chi connectivity index (χ4n) is 3.46. The Morgan fingerprint density at radius 1 is 1.36 bits per heavy atom. The Bertz CT molecular complexity index is 620. The molecule has 0 radical (unpaired) electrons. The number of hydrogen-bond donors (Lipinski definition) is 2. The van der Waals surface area contributed by atoms with Gasteiger partial charge in [0.15, 0.2) is 11.5 Å². The Balaban J connectivity index is 2.00. The molecule has 140 valence electrons. The second-order valence-corrected chi connectivity index (χ2v) is 7.33. The largest absolute Gasteiger partial charge is 0.493 e. The summed E-state index contributed by atoms with van der Waals surface area (Å²) in [4.78, 5) is 14.6. The first-order chi connectivity index (χ1) is 11.8.